The van der Waals surface area contributed by atoms with Gasteiger partial charge in [-0.05, 0) is 51.0 Å². The number of nitrogens with zero attached hydrogens (tertiary/aromatic N) is 3. The second-order valence-corrected chi connectivity index (χ2v) is 14.3. The zero-order valence-corrected chi connectivity index (χ0v) is 32.1. The van der Waals surface area contributed by atoms with E-state index in [2.05, 4.69) is 29.9 Å². The second kappa shape index (κ2) is 15.7. The van der Waals surface area contributed by atoms with Crippen molar-refractivity contribution in [3.8, 4) is 11.1 Å². The summed E-state index contributed by atoms with van der Waals surface area (Å²) < 4.78 is 6.12. The van der Waals surface area contributed by atoms with Gasteiger partial charge in [0.2, 0.25) is 0 Å². The van der Waals surface area contributed by atoms with Crippen molar-refractivity contribution in [2.75, 3.05) is 0 Å². The summed E-state index contributed by atoms with van der Waals surface area (Å²) in [5.74, 6) is -0.229. The monoisotopic (exact) mass is 731 g/mol. The molecule has 60 heavy (non-hydrogen) atoms. The predicted octanol–water partition coefficient (Wildman–Crippen LogP) is -6.23. The standard InChI is InChI=1S/C42H15B14N3O/c1-57-41(26-21(43)12-23(45)40-25(26)19-11-22(44)30(48)38(56)39(19)60-40)59-42(27-33(51)35(53)37(55)36(54)34(27)52)58-13-20-28(46)31(49)24(32(50)29(20)47)16-9-8-15-7-6-14-4-2-3-5-17(14)18(15)10-16/h2-12H,1,13H2. The lowest BCUT2D eigenvalue weighted by Gasteiger charge is -2.23. The van der Waals surface area contributed by atoms with E-state index in [4.69, 9.17) is 124 Å². The van der Waals surface area contributed by atoms with Crippen LogP contribution in [0.2, 0.25) is 0 Å². The first kappa shape index (κ1) is 41.5. The Kier molecular flexibility index (Phi) is 10.8. The lowest BCUT2D eigenvalue weighted by atomic mass is 9.60. The number of aliphatic imine (C=N–C) groups is 3. The molecule has 8 rings (SSSR count). The Morgan fingerprint density at radius 1 is 0.483 bits per heavy atom. The van der Waals surface area contributed by atoms with Crippen LogP contribution in [0, 0.1) is 0 Å². The van der Waals surface area contributed by atoms with E-state index in [0.717, 1.165) is 21.5 Å². The average Bonchev–Trinajstić information content (AvgIpc) is 3.62. The molecule has 0 atom stereocenters. The number of fused-ring (bicyclic) bond motifs is 6. The Hall–Kier alpha value is -5.22. The zero-order valence-electron chi connectivity index (χ0n) is 32.1. The summed E-state index contributed by atoms with van der Waals surface area (Å²) in [6.45, 7) is 3.52. The molecule has 7 aromatic carbocycles. The van der Waals surface area contributed by atoms with Gasteiger partial charge < -0.3 is 4.42 Å². The highest BCUT2D eigenvalue weighted by Crippen LogP contribution is 2.30. The molecule has 0 saturated carbocycles. The fourth-order valence-electron chi connectivity index (χ4n) is 7.64. The minimum atomic E-state index is -0.255. The van der Waals surface area contributed by atoms with Crippen molar-refractivity contribution < 1.29 is 4.42 Å². The van der Waals surface area contributed by atoms with Gasteiger partial charge in [0.05, 0.1) is 6.54 Å². The Balaban J connectivity index is 1.34. The molecule has 1 aromatic heterocycles. The number of rotatable bonds is 5. The van der Waals surface area contributed by atoms with Gasteiger partial charge in [-0.1, -0.05) is 110 Å². The van der Waals surface area contributed by atoms with Gasteiger partial charge in [-0.2, -0.15) is 0 Å². The van der Waals surface area contributed by atoms with Crippen molar-refractivity contribution in [3.05, 3.63) is 83.4 Å². The molecular formula is C42H15B14N3O. The summed E-state index contributed by atoms with van der Waals surface area (Å²) in [5.41, 5.74) is 3.16. The SMILES string of the molecule is [B]c1cc2c(oc3c([B])cc([B])c(C(N=C)=NC(=NCc4c([B])c([B])c(-c5ccc6ccc7ccccc7c6c5)c([B])c4[B])c4c([B])c([B])c([B])c([B])c4[B])c32)c([B])c1[B]. The molecular weight excluding hydrogens is 714 g/mol. The lowest BCUT2D eigenvalue weighted by Crippen LogP contribution is -2.57. The first-order chi connectivity index (χ1) is 28.5. The molecule has 0 unspecified atom stereocenters. The molecule has 0 fully saturated rings. The third-order valence-electron chi connectivity index (χ3n) is 10.9. The quantitative estimate of drug-likeness (QED) is 0.0755. The maximum atomic E-state index is 6.78. The number of benzene rings is 7. The van der Waals surface area contributed by atoms with Crippen molar-refractivity contribution in [1.82, 2.24) is 0 Å². The average molecular weight is 729 g/mol. The highest BCUT2D eigenvalue weighted by Gasteiger charge is 2.23. The van der Waals surface area contributed by atoms with Crippen LogP contribution in [0.25, 0.3) is 54.6 Å². The molecule has 0 aliphatic rings. The molecule has 0 spiro atoms. The maximum absolute atomic E-state index is 6.78. The topological polar surface area (TPSA) is 50.2 Å². The molecule has 28 radical (unpaired) electrons. The van der Waals surface area contributed by atoms with Crippen LogP contribution in [-0.2, 0) is 6.54 Å². The summed E-state index contributed by atoms with van der Waals surface area (Å²) in [6, 6.07) is 21.1. The molecule has 0 saturated heterocycles. The summed E-state index contributed by atoms with van der Waals surface area (Å²) in [5, 5.41) is 4.95. The maximum Gasteiger partial charge on any atom is 0.161 e. The van der Waals surface area contributed by atoms with Gasteiger partial charge in [0.15, 0.2) is 11.7 Å². The van der Waals surface area contributed by atoms with Gasteiger partial charge in [-0.25, -0.2) is 9.98 Å². The molecule has 4 nitrogen and oxygen atoms in total. The summed E-state index contributed by atoms with van der Waals surface area (Å²) in [6.07, 6.45) is 0. The van der Waals surface area contributed by atoms with E-state index < -0.39 is 0 Å². The lowest BCUT2D eigenvalue weighted by molar-refractivity contribution is 0.674. The predicted molar refractivity (Wildman–Crippen MR) is 269 cm³/mol. The molecule has 1 heterocycles. The third kappa shape index (κ3) is 6.57. The van der Waals surface area contributed by atoms with E-state index >= 15 is 0 Å². The molecule has 18 heteroatoms. The van der Waals surface area contributed by atoms with E-state index in [1.165, 1.54) is 6.07 Å². The first-order valence-corrected chi connectivity index (χ1v) is 18.2. The van der Waals surface area contributed by atoms with Gasteiger partial charge in [-0.15, -0.1) is 27.3 Å². The Labute approximate surface area is 366 Å². The zero-order chi connectivity index (χ0) is 43.1. The summed E-state index contributed by atoms with van der Waals surface area (Å²) in [4.78, 5) is 13.9. The fourth-order valence-corrected chi connectivity index (χ4v) is 7.64. The van der Waals surface area contributed by atoms with Crippen LogP contribution in [0.15, 0.2) is 86.1 Å². The van der Waals surface area contributed by atoms with Gasteiger partial charge in [0.1, 0.15) is 121 Å². The van der Waals surface area contributed by atoms with Crippen LogP contribution in [0.1, 0.15) is 16.7 Å². The van der Waals surface area contributed by atoms with Gasteiger partial charge in [0, 0.05) is 21.9 Å². The van der Waals surface area contributed by atoms with Crippen molar-refractivity contribution >= 4 is 248 Å². The summed E-state index contributed by atoms with van der Waals surface area (Å²) >= 11 is 0. The minimum Gasteiger partial charge on any atom is -0.457 e. The number of amidine groups is 2. The highest BCUT2D eigenvalue weighted by molar-refractivity contribution is 6.69. The minimum absolute atomic E-state index is 0.0158. The summed E-state index contributed by atoms with van der Waals surface area (Å²) in [7, 11) is 90.8. The number of hydrogen-bond acceptors (Lipinski definition) is 2. The van der Waals surface area contributed by atoms with Crippen molar-refractivity contribution in [2.24, 2.45) is 15.0 Å². The normalized spacial score (nSPS) is 12.3. The van der Waals surface area contributed by atoms with Crippen LogP contribution in [0.3, 0.4) is 0 Å². The van der Waals surface area contributed by atoms with Crippen LogP contribution in [-0.4, -0.2) is 128 Å². The number of furan rings is 1. The molecule has 8 aromatic rings. The van der Waals surface area contributed by atoms with Gasteiger partial charge in [-0.3, -0.25) is 4.99 Å². The fraction of sp³-hybridized carbons (Fsp3) is 0.0238. The van der Waals surface area contributed by atoms with E-state index in [-0.39, 0.29) is 123 Å². The van der Waals surface area contributed by atoms with E-state index in [9.17, 15) is 0 Å². The smallest absolute Gasteiger partial charge is 0.161 e. The van der Waals surface area contributed by atoms with Crippen molar-refractivity contribution in [3.63, 3.8) is 0 Å². The Bertz CT molecular complexity index is 3210. The van der Waals surface area contributed by atoms with Crippen LogP contribution in [0.4, 0.5) is 0 Å². The van der Waals surface area contributed by atoms with E-state index in [1.807, 2.05) is 36.4 Å². The molecule has 0 bridgehead atoms. The highest BCUT2D eigenvalue weighted by atomic mass is 16.3. The molecule has 0 amide bonds. The van der Waals surface area contributed by atoms with Crippen molar-refractivity contribution in [2.45, 2.75) is 6.54 Å². The van der Waals surface area contributed by atoms with Crippen LogP contribution >= 0.6 is 0 Å². The molecule has 0 N–H and O–H groups in total. The molecule has 0 aliphatic heterocycles. The van der Waals surface area contributed by atoms with E-state index in [1.54, 1.807) is 6.07 Å². The third-order valence-corrected chi connectivity index (χ3v) is 10.9. The number of hydrogen-bond donors (Lipinski definition) is 0. The van der Waals surface area contributed by atoms with Crippen LogP contribution < -0.4 is 76.5 Å². The van der Waals surface area contributed by atoms with Crippen LogP contribution in [0.5, 0.6) is 0 Å². The van der Waals surface area contributed by atoms with Crippen molar-refractivity contribution in [1.29, 1.82) is 0 Å². The van der Waals surface area contributed by atoms with Gasteiger partial charge >= 0.3 is 0 Å². The molecule has 246 valence electrons. The molecule has 0 aliphatic carbocycles. The Morgan fingerprint density at radius 2 is 1.08 bits per heavy atom. The van der Waals surface area contributed by atoms with E-state index in [0.29, 0.717) is 21.9 Å². The van der Waals surface area contributed by atoms with Gasteiger partial charge in [0.25, 0.3) is 0 Å². The first-order valence-electron chi connectivity index (χ1n) is 18.2. The Morgan fingerprint density at radius 3 is 1.73 bits per heavy atom. The second-order valence-electron chi connectivity index (χ2n) is 14.3. The largest absolute Gasteiger partial charge is 0.457 e.